The van der Waals surface area contributed by atoms with Gasteiger partial charge in [-0.25, -0.2) is 0 Å². The highest BCUT2D eigenvalue weighted by Crippen LogP contribution is 2.26. The van der Waals surface area contributed by atoms with E-state index in [0.717, 1.165) is 16.8 Å². The molecule has 2 aromatic carbocycles. The van der Waals surface area contributed by atoms with Crippen molar-refractivity contribution in [1.29, 1.82) is 0 Å². The van der Waals surface area contributed by atoms with E-state index in [2.05, 4.69) is 10.6 Å². The Hall–Kier alpha value is -2.89. The molecule has 0 unspecified atom stereocenters. The van der Waals surface area contributed by atoms with Gasteiger partial charge >= 0.3 is 0 Å². The molecule has 0 heterocycles. The van der Waals surface area contributed by atoms with E-state index >= 15 is 0 Å². The van der Waals surface area contributed by atoms with E-state index < -0.39 is 4.92 Å². The Morgan fingerprint density at radius 2 is 1.87 bits per heavy atom. The Kier molecular flexibility index (Phi) is 4.95. The fraction of sp³-hybridized carbons (Fsp3) is 0.235. The van der Waals surface area contributed by atoms with Gasteiger partial charge in [-0.2, -0.15) is 0 Å². The smallest absolute Gasteiger partial charge is 0.274 e. The summed E-state index contributed by atoms with van der Waals surface area (Å²) in [6.45, 7) is 5.52. The molecule has 2 aromatic rings. The van der Waals surface area contributed by atoms with Crippen LogP contribution in [0.2, 0.25) is 0 Å². The molecule has 6 nitrogen and oxygen atoms in total. The third-order valence-electron chi connectivity index (χ3n) is 3.48. The van der Waals surface area contributed by atoms with E-state index in [-0.39, 0.29) is 18.1 Å². The van der Waals surface area contributed by atoms with Crippen molar-refractivity contribution in [3.63, 3.8) is 0 Å². The second kappa shape index (κ2) is 6.91. The Morgan fingerprint density at radius 3 is 2.52 bits per heavy atom. The van der Waals surface area contributed by atoms with Crippen LogP contribution in [0.4, 0.5) is 17.1 Å². The van der Waals surface area contributed by atoms with Gasteiger partial charge in [0.1, 0.15) is 0 Å². The lowest BCUT2D eigenvalue weighted by Crippen LogP contribution is -2.22. The summed E-state index contributed by atoms with van der Waals surface area (Å²) in [4.78, 5) is 22.6. The molecule has 2 rings (SSSR count). The van der Waals surface area contributed by atoms with Crippen molar-refractivity contribution in [3.05, 3.63) is 63.2 Å². The summed E-state index contributed by atoms with van der Waals surface area (Å²) >= 11 is 0. The Balaban J connectivity index is 2.04. The molecule has 120 valence electrons. The Labute approximate surface area is 134 Å². The number of benzene rings is 2. The number of anilines is 2. The van der Waals surface area contributed by atoms with E-state index in [1.165, 1.54) is 6.07 Å². The third-order valence-corrected chi connectivity index (χ3v) is 3.48. The van der Waals surface area contributed by atoms with E-state index in [1.807, 2.05) is 38.1 Å². The molecular formula is C17H19N3O3. The van der Waals surface area contributed by atoms with Gasteiger partial charge in [0.25, 0.3) is 5.69 Å². The van der Waals surface area contributed by atoms with Gasteiger partial charge in [0.15, 0.2) is 0 Å². The highest BCUT2D eigenvalue weighted by molar-refractivity contribution is 5.94. The second-order valence-electron chi connectivity index (χ2n) is 5.48. The van der Waals surface area contributed by atoms with Gasteiger partial charge in [0.2, 0.25) is 5.91 Å². The predicted molar refractivity (Wildman–Crippen MR) is 90.9 cm³/mol. The molecule has 0 aromatic heterocycles. The van der Waals surface area contributed by atoms with E-state index in [4.69, 9.17) is 0 Å². The number of rotatable bonds is 5. The standard InChI is InChI=1S/C17H19N3O3/c1-11-5-4-6-14(7-11)19-17(21)10-18-15-9-16(20(22)23)13(3)8-12(15)2/h4-9,18H,10H2,1-3H3,(H,19,21). The van der Waals surface area contributed by atoms with Crippen LogP contribution in [0.25, 0.3) is 0 Å². The number of hydrogen-bond acceptors (Lipinski definition) is 4. The van der Waals surface area contributed by atoms with E-state index in [9.17, 15) is 14.9 Å². The van der Waals surface area contributed by atoms with Gasteiger partial charge in [0, 0.05) is 23.0 Å². The summed E-state index contributed by atoms with van der Waals surface area (Å²) in [5.41, 5.74) is 3.86. The number of nitro benzene ring substituents is 1. The average molecular weight is 313 g/mol. The van der Waals surface area contributed by atoms with Crippen LogP contribution in [0, 0.1) is 30.9 Å². The maximum atomic E-state index is 12.0. The molecule has 2 N–H and O–H groups in total. The van der Waals surface area contributed by atoms with Crippen LogP contribution in [0.5, 0.6) is 0 Å². The predicted octanol–water partition coefficient (Wildman–Crippen LogP) is 3.57. The first kappa shape index (κ1) is 16.5. The first-order valence-corrected chi connectivity index (χ1v) is 7.23. The largest absolute Gasteiger partial charge is 0.376 e. The monoisotopic (exact) mass is 313 g/mol. The number of nitrogens with one attached hydrogen (secondary N) is 2. The molecular weight excluding hydrogens is 294 g/mol. The maximum Gasteiger partial charge on any atom is 0.274 e. The summed E-state index contributed by atoms with van der Waals surface area (Å²) in [5.74, 6) is -0.210. The van der Waals surface area contributed by atoms with Gasteiger partial charge in [-0.05, 0) is 50.1 Å². The SMILES string of the molecule is Cc1cccc(NC(=O)CNc2cc([N+](=O)[O-])c(C)cc2C)c1. The lowest BCUT2D eigenvalue weighted by Gasteiger charge is -2.11. The van der Waals surface area contributed by atoms with Crippen molar-refractivity contribution in [2.24, 2.45) is 0 Å². The van der Waals surface area contributed by atoms with Crippen LogP contribution in [0.3, 0.4) is 0 Å². The maximum absolute atomic E-state index is 12.0. The quantitative estimate of drug-likeness (QED) is 0.653. The van der Waals surface area contributed by atoms with Crippen LogP contribution >= 0.6 is 0 Å². The molecule has 0 aliphatic rings. The minimum Gasteiger partial charge on any atom is -0.376 e. The van der Waals surface area contributed by atoms with Gasteiger partial charge in [0.05, 0.1) is 11.5 Å². The van der Waals surface area contributed by atoms with E-state index in [0.29, 0.717) is 11.3 Å². The number of carbonyl (C=O) groups excluding carboxylic acids is 1. The minimum atomic E-state index is -0.424. The first-order chi connectivity index (χ1) is 10.9. The summed E-state index contributed by atoms with van der Waals surface area (Å²) in [7, 11) is 0. The zero-order chi connectivity index (χ0) is 17.0. The van der Waals surface area contributed by atoms with Crippen LogP contribution in [0.1, 0.15) is 16.7 Å². The van der Waals surface area contributed by atoms with Crippen LogP contribution < -0.4 is 10.6 Å². The van der Waals surface area contributed by atoms with Crippen LogP contribution in [-0.4, -0.2) is 17.4 Å². The molecule has 23 heavy (non-hydrogen) atoms. The molecule has 0 radical (unpaired) electrons. The molecule has 0 bridgehead atoms. The van der Waals surface area contributed by atoms with Crippen molar-refractivity contribution in [3.8, 4) is 0 Å². The van der Waals surface area contributed by atoms with Crippen molar-refractivity contribution >= 4 is 23.0 Å². The normalized spacial score (nSPS) is 10.2. The molecule has 0 atom stereocenters. The van der Waals surface area contributed by atoms with Crippen molar-refractivity contribution in [2.45, 2.75) is 20.8 Å². The highest BCUT2D eigenvalue weighted by atomic mass is 16.6. The molecule has 1 amide bonds. The number of carbonyl (C=O) groups is 1. The molecule has 0 spiro atoms. The molecule has 0 aliphatic heterocycles. The summed E-state index contributed by atoms with van der Waals surface area (Å²) < 4.78 is 0. The number of aryl methyl sites for hydroxylation is 3. The average Bonchev–Trinajstić information content (AvgIpc) is 2.46. The van der Waals surface area contributed by atoms with Crippen molar-refractivity contribution in [1.82, 2.24) is 0 Å². The summed E-state index contributed by atoms with van der Waals surface area (Å²) in [6, 6.07) is 10.7. The van der Waals surface area contributed by atoms with Crippen LogP contribution in [0.15, 0.2) is 36.4 Å². The third kappa shape index (κ3) is 4.29. The number of nitro groups is 1. The topological polar surface area (TPSA) is 84.3 Å². The number of amides is 1. The zero-order valence-corrected chi connectivity index (χ0v) is 13.3. The minimum absolute atomic E-state index is 0.0367. The van der Waals surface area contributed by atoms with Gasteiger partial charge in [-0.15, -0.1) is 0 Å². The van der Waals surface area contributed by atoms with Crippen molar-refractivity contribution in [2.75, 3.05) is 17.2 Å². The highest BCUT2D eigenvalue weighted by Gasteiger charge is 2.14. The first-order valence-electron chi connectivity index (χ1n) is 7.23. The van der Waals surface area contributed by atoms with Crippen LogP contribution in [-0.2, 0) is 4.79 Å². The lowest BCUT2D eigenvalue weighted by atomic mass is 10.1. The summed E-state index contributed by atoms with van der Waals surface area (Å²) in [5, 5.41) is 16.7. The number of hydrogen-bond donors (Lipinski definition) is 2. The summed E-state index contributed by atoms with van der Waals surface area (Å²) in [6.07, 6.45) is 0. The van der Waals surface area contributed by atoms with Gasteiger partial charge in [-0.1, -0.05) is 12.1 Å². The molecule has 6 heteroatoms. The zero-order valence-electron chi connectivity index (χ0n) is 13.3. The molecule has 0 fully saturated rings. The number of nitrogens with zero attached hydrogens (tertiary/aromatic N) is 1. The lowest BCUT2D eigenvalue weighted by molar-refractivity contribution is -0.385. The molecule has 0 saturated heterocycles. The molecule has 0 aliphatic carbocycles. The fourth-order valence-electron chi connectivity index (χ4n) is 2.33. The second-order valence-corrected chi connectivity index (χ2v) is 5.48. The van der Waals surface area contributed by atoms with Crippen molar-refractivity contribution < 1.29 is 9.72 Å². The van der Waals surface area contributed by atoms with E-state index in [1.54, 1.807) is 13.0 Å². The van der Waals surface area contributed by atoms with Gasteiger partial charge in [-0.3, -0.25) is 14.9 Å². The van der Waals surface area contributed by atoms with Gasteiger partial charge < -0.3 is 10.6 Å². The molecule has 0 saturated carbocycles. The Bertz CT molecular complexity index is 757. The Morgan fingerprint density at radius 1 is 1.13 bits per heavy atom. The fourth-order valence-corrected chi connectivity index (χ4v) is 2.33.